The van der Waals surface area contributed by atoms with E-state index in [0.717, 1.165) is 0 Å². The number of fused-ring (bicyclic) bond motifs is 3. The third kappa shape index (κ3) is 4.46. The molecule has 0 aliphatic carbocycles. The molecule has 7 rings (SSSR count). The molecule has 1 N–H and O–H groups in total. The van der Waals surface area contributed by atoms with Gasteiger partial charge in [-0.1, -0.05) is 11.6 Å². The molecule has 2 aliphatic rings. The monoisotopic (exact) mass is 563 g/mol. The summed E-state index contributed by atoms with van der Waals surface area (Å²) < 4.78 is 32.2. The summed E-state index contributed by atoms with van der Waals surface area (Å²) in [6.07, 6.45) is 7.62. The Kier molecular flexibility index (Phi) is 5.70. The standard InChI is InChI=1S/C25H22ClN9O3S/c26-18-9-16(1-2-20(18)38-17-3-7-35-22(10-17)29-14-31-35)32-24-23-19(28-13-30-24)11-27-25(33-23)34-6-4-21-15(12-34)5-8-39(21,36)37/h1-3,7,9-11,13-15,21H,4-6,8,12H2,(H,28,30,32)/t15-,21+/m1/s1. The smallest absolute Gasteiger partial charge is 0.226 e. The van der Waals surface area contributed by atoms with Gasteiger partial charge < -0.3 is 15.0 Å². The van der Waals surface area contributed by atoms with Gasteiger partial charge in [0.1, 0.15) is 35.2 Å². The third-order valence-corrected chi connectivity index (χ3v) is 9.86. The molecule has 39 heavy (non-hydrogen) atoms. The molecule has 0 saturated carbocycles. The van der Waals surface area contributed by atoms with Gasteiger partial charge in [0.25, 0.3) is 0 Å². The first kappa shape index (κ1) is 24.0. The van der Waals surface area contributed by atoms with E-state index in [1.165, 1.54) is 12.7 Å². The number of sulfone groups is 1. The van der Waals surface area contributed by atoms with E-state index in [4.69, 9.17) is 21.3 Å². The Labute approximate surface area is 228 Å². The van der Waals surface area contributed by atoms with Gasteiger partial charge in [-0.05, 0) is 43.0 Å². The summed E-state index contributed by atoms with van der Waals surface area (Å²) in [6.45, 7) is 1.20. The van der Waals surface area contributed by atoms with Gasteiger partial charge in [0.2, 0.25) is 5.95 Å². The minimum absolute atomic E-state index is 0.105. The van der Waals surface area contributed by atoms with Crippen molar-refractivity contribution in [1.82, 2.24) is 34.5 Å². The van der Waals surface area contributed by atoms with Crippen LogP contribution in [0.2, 0.25) is 5.02 Å². The highest BCUT2D eigenvalue weighted by Crippen LogP contribution is 2.36. The number of nitrogens with one attached hydrogen (secondary N) is 1. The van der Waals surface area contributed by atoms with Crippen LogP contribution in [0.25, 0.3) is 16.7 Å². The number of rotatable bonds is 5. The summed E-state index contributed by atoms with van der Waals surface area (Å²) >= 11 is 6.55. The minimum Gasteiger partial charge on any atom is -0.456 e. The number of aromatic nitrogens is 7. The lowest BCUT2D eigenvalue weighted by Crippen LogP contribution is -2.43. The number of benzene rings is 1. The van der Waals surface area contributed by atoms with Crippen molar-refractivity contribution in [3.05, 3.63) is 60.4 Å². The lowest BCUT2D eigenvalue weighted by Gasteiger charge is -2.34. The Morgan fingerprint density at radius 3 is 2.87 bits per heavy atom. The van der Waals surface area contributed by atoms with Crippen LogP contribution in [0.1, 0.15) is 12.8 Å². The predicted molar refractivity (Wildman–Crippen MR) is 145 cm³/mol. The SMILES string of the molecule is O=S1(=O)CC[C@@H]2CN(c3ncc4ncnc(Nc5ccc(Oc6ccn7ncnc7c6)c(Cl)c5)c4n3)CC[C@@H]21. The van der Waals surface area contributed by atoms with Crippen molar-refractivity contribution in [2.24, 2.45) is 5.92 Å². The Hall–Kier alpha value is -4.10. The Bertz CT molecular complexity index is 1830. The van der Waals surface area contributed by atoms with Gasteiger partial charge in [-0.2, -0.15) is 5.10 Å². The van der Waals surface area contributed by atoms with Gasteiger partial charge in [0, 0.05) is 31.0 Å². The Morgan fingerprint density at radius 2 is 1.97 bits per heavy atom. The van der Waals surface area contributed by atoms with E-state index in [-0.39, 0.29) is 16.9 Å². The van der Waals surface area contributed by atoms with Gasteiger partial charge in [-0.3, -0.25) is 0 Å². The average Bonchev–Trinajstić information content (AvgIpc) is 3.53. The maximum Gasteiger partial charge on any atom is 0.226 e. The second-order valence-electron chi connectivity index (χ2n) is 9.61. The van der Waals surface area contributed by atoms with Gasteiger partial charge in [0.05, 0.1) is 22.2 Å². The highest BCUT2D eigenvalue weighted by atomic mass is 35.5. The van der Waals surface area contributed by atoms with E-state index in [2.05, 4.69) is 35.3 Å². The molecule has 12 nitrogen and oxygen atoms in total. The van der Waals surface area contributed by atoms with Crippen LogP contribution in [-0.2, 0) is 9.84 Å². The summed E-state index contributed by atoms with van der Waals surface area (Å²) in [6, 6.07) is 8.89. The summed E-state index contributed by atoms with van der Waals surface area (Å²) in [5, 5.41) is 7.51. The van der Waals surface area contributed by atoms with Crippen molar-refractivity contribution in [3.63, 3.8) is 0 Å². The van der Waals surface area contributed by atoms with Crippen molar-refractivity contribution >= 4 is 55.6 Å². The number of ether oxygens (including phenoxy) is 1. The number of halogens is 1. The van der Waals surface area contributed by atoms with Crippen LogP contribution in [0, 0.1) is 5.92 Å². The van der Waals surface area contributed by atoms with Crippen molar-refractivity contribution in [2.75, 3.05) is 29.1 Å². The van der Waals surface area contributed by atoms with Crippen LogP contribution in [0.15, 0.2) is 55.4 Å². The first-order valence-electron chi connectivity index (χ1n) is 12.4. The Morgan fingerprint density at radius 1 is 1.05 bits per heavy atom. The summed E-state index contributed by atoms with van der Waals surface area (Å²) in [7, 11) is -2.98. The van der Waals surface area contributed by atoms with Gasteiger partial charge in [-0.15, -0.1) is 0 Å². The molecule has 2 saturated heterocycles. The van der Waals surface area contributed by atoms with E-state index in [0.29, 0.717) is 76.6 Å². The molecule has 0 radical (unpaired) electrons. The summed E-state index contributed by atoms with van der Waals surface area (Å²) in [5.74, 6) is 2.48. The topological polar surface area (TPSA) is 140 Å². The zero-order chi connectivity index (χ0) is 26.6. The normalized spacial score (nSPS) is 20.3. The zero-order valence-corrected chi connectivity index (χ0v) is 22.0. The fraction of sp³-hybridized carbons (Fsp3) is 0.280. The summed E-state index contributed by atoms with van der Waals surface area (Å²) in [5.41, 5.74) is 2.50. The average molecular weight is 564 g/mol. The van der Waals surface area contributed by atoms with E-state index < -0.39 is 9.84 Å². The fourth-order valence-electron chi connectivity index (χ4n) is 5.28. The molecular formula is C25H22ClN9O3S. The number of hydrogen-bond donors (Lipinski definition) is 1. The lowest BCUT2D eigenvalue weighted by molar-refractivity contribution is 0.424. The molecule has 6 heterocycles. The van der Waals surface area contributed by atoms with Gasteiger partial charge in [-0.25, -0.2) is 37.9 Å². The molecule has 14 heteroatoms. The number of anilines is 3. The molecule has 4 aromatic heterocycles. The second kappa shape index (κ2) is 9.27. The molecule has 198 valence electrons. The third-order valence-electron chi connectivity index (χ3n) is 7.22. The lowest BCUT2D eigenvalue weighted by atomic mass is 9.96. The molecular weight excluding hydrogens is 542 g/mol. The number of piperidine rings is 1. The highest BCUT2D eigenvalue weighted by Gasteiger charge is 2.43. The van der Waals surface area contributed by atoms with Crippen LogP contribution in [0.4, 0.5) is 17.5 Å². The molecule has 1 aromatic carbocycles. The highest BCUT2D eigenvalue weighted by molar-refractivity contribution is 7.92. The summed E-state index contributed by atoms with van der Waals surface area (Å²) in [4.78, 5) is 24.2. The van der Waals surface area contributed by atoms with E-state index in [1.807, 2.05) is 6.07 Å². The first-order valence-corrected chi connectivity index (χ1v) is 14.5. The van der Waals surface area contributed by atoms with Crippen LogP contribution in [0.5, 0.6) is 11.5 Å². The molecule has 5 aromatic rings. The van der Waals surface area contributed by atoms with Crippen LogP contribution in [0.3, 0.4) is 0 Å². The maximum atomic E-state index is 12.3. The predicted octanol–water partition coefficient (Wildman–Crippen LogP) is 3.67. The zero-order valence-electron chi connectivity index (χ0n) is 20.5. The van der Waals surface area contributed by atoms with E-state index >= 15 is 0 Å². The van der Waals surface area contributed by atoms with Crippen molar-refractivity contribution in [2.45, 2.75) is 18.1 Å². The molecule has 0 bridgehead atoms. The molecule has 2 atom stereocenters. The van der Waals surface area contributed by atoms with E-state index in [1.54, 1.807) is 41.2 Å². The molecule has 2 fully saturated rings. The number of pyridine rings is 1. The molecule has 2 aliphatic heterocycles. The van der Waals surface area contributed by atoms with Gasteiger partial charge >= 0.3 is 0 Å². The van der Waals surface area contributed by atoms with Gasteiger partial charge in [0.15, 0.2) is 21.3 Å². The minimum atomic E-state index is -2.98. The van der Waals surface area contributed by atoms with E-state index in [9.17, 15) is 8.42 Å². The quantitative estimate of drug-likeness (QED) is 0.335. The number of nitrogens with zero attached hydrogens (tertiary/aromatic N) is 8. The largest absolute Gasteiger partial charge is 0.456 e. The Balaban J connectivity index is 1.12. The molecule has 0 unspecified atom stereocenters. The number of hydrogen-bond acceptors (Lipinski definition) is 11. The van der Waals surface area contributed by atoms with Crippen molar-refractivity contribution in [3.8, 4) is 11.5 Å². The van der Waals surface area contributed by atoms with Crippen LogP contribution in [-0.4, -0.2) is 67.0 Å². The maximum absolute atomic E-state index is 12.3. The van der Waals surface area contributed by atoms with Crippen molar-refractivity contribution < 1.29 is 13.2 Å². The fourth-order valence-corrected chi connectivity index (χ4v) is 7.71. The molecule has 0 spiro atoms. The molecule has 0 amide bonds. The second-order valence-corrected chi connectivity index (χ2v) is 12.4. The van der Waals surface area contributed by atoms with Crippen LogP contribution >= 0.6 is 11.6 Å². The first-order chi connectivity index (χ1) is 18.9. The van der Waals surface area contributed by atoms with Crippen LogP contribution < -0.4 is 15.0 Å². The van der Waals surface area contributed by atoms with Crippen molar-refractivity contribution in [1.29, 1.82) is 0 Å².